The number of aliphatic hydroxyl groups is 1. The van der Waals surface area contributed by atoms with Gasteiger partial charge >= 0.3 is 0 Å². The molecule has 2 heteroatoms. The van der Waals surface area contributed by atoms with E-state index in [4.69, 9.17) is 0 Å². The molecule has 0 spiro atoms. The minimum Gasteiger partial charge on any atom is -0.388 e. The van der Waals surface area contributed by atoms with Crippen molar-refractivity contribution in [1.29, 1.82) is 0 Å². The van der Waals surface area contributed by atoms with Crippen molar-refractivity contribution >= 4 is 0 Å². The highest BCUT2D eigenvalue weighted by atomic mass is 16.3. The van der Waals surface area contributed by atoms with Crippen molar-refractivity contribution in [3.05, 3.63) is 29.6 Å². The summed E-state index contributed by atoms with van der Waals surface area (Å²) in [5, 5.41) is 10.5. The Hall–Kier alpha value is -0.890. The minimum atomic E-state index is -0.340. The number of hydrogen-bond donors (Lipinski definition) is 1. The third-order valence-corrected chi connectivity index (χ3v) is 3.90. The van der Waals surface area contributed by atoms with E-state index in [1.807, 2.05) is 19.3 Å². The molecule has 3 atom stereocenters. The summed E-state index contributed by atoms with van der Waals surface area (Å²) in [6, 6.07) is 2.06. The lowest BCUT2D eigenvalue weighted by molar-refractivity contribution is 0.0549. The Kier molecular flexibility index (Phi) is 3.82. The largest absolute Gasteiger partial charge is 0.388 e. The Bertz CT molecular complexity index is 367. The Morgan fingerprint density at radius 3 is 2.41 bits per heavy atom. The van der Waals surface area contributed by atoms with Crippen LogP contribution in [0.25, 0.3) is 0 Å². The first-order chi connectivity index (χ1) is 8.06. The highest BCUT2D eigenvalue weighted by Crippen LogP contribution is 2.39. The van der Waals surface area contributed by atoms with Gasteiger partial charge in [0.2, 0.25) is 0 Å². The van der Waals surface area contributed by atoms with Crippen molar-refractivity contribution in [2.45, 2.75) is 46.1 Å². The van der Waals surface area contributed by atoms with Crippen molar-refractivity contribution in [2.24, 2.45) is 17.8 Å². The molecule has 0 radical (unpaired) electrons. The molecule has 1 aliphatic rings. The topological polar surface area (TPSA) is 33.1 Å². The molecule has 0 aromatic carbocycles. The van der Waals surface area contributed by atoms with Crippen molar-refractivity contribution in [3.63, 3.8) is 0 Å². The minimum absolute atomic E-state index is 0.340. The summed E-state index contributed by atoms with van der Waals surface area (Å²) in [6.45, 7) is 6.61. The number of hydrogen-bond acceptors (Lipinski definition) is 2. The molecule has 0 aliphatic heterocycles. The lowest BCUT2D eigenvalue weighted by Crippen LogP contribution is -2.24. The van der Waals surface area contributed by atoms with E-state index in [1.54, 1.807) is 0 Å². The van der Waals surface area contributed by atoms with Gasteiger partial charge in [-0.3, -0.25) is 4.98 Å². The second kappa shape index (κ2) is 5.18. The van der Waals surface area contributed by atoms with E-state index >= 15 is 0 Å². The van der Waals surface area contributed by atoms with E-state index in [2.05, 4.69) is 24.9 Å². The van der Waals surface area contributed by atoms with Crippen molar-refractivity contribution in [1.82, 2.24) is 4.98 Å². The highest BCUT2D eigenvalue weighted by Gasteiger charge is 2.29. The monoisotopic (exact) mass is 233 g/mol. The third-order valence-electron chi connectivity index (χ3n) is 3.90. The van der Waals surface area contributed by atoms with Crippen LogP contribution in [0.15, 0.2) is 18.5 Å². The molecule has 0 saturated heterocycles. The van der Waals surface area contributed by atoms with Crippen LogP contribution in [-0.2, 0) is 0 Å². The highest BCUT2D eigenvalue weighted by molar-refractivity contribution is 5.19. The van der Waals surface area contributed by atoms with Crippen LogP contribution < -0.4 is 0 Å². The first kappa shape index (κ1) is 12.6. The number of aromatic nitrogens is 1. The normalized spacial score (nSPS) is 31.2. The van der Waals surface area contributed by atoms with E-state index in [1.165, 1.54) is 6.42 Å². The summed E-state index contributed by atoms with van der Waals surface area (Å²) in [4.78, 5) is 4.18. The molecular formula is C15H23NO. The molecule has 2 rings (SSSR count). The number of nitrogens with zero attached hydrogens (tertiary/aromatic N) is 1. The van der Waals surface area contributed by atoms with Crippen LogP contribution >= 0.6 is 0 Å². The fraction of sp³-hybridized carbons (Fsp3) is 0.667. The summed E-state index contributed by atoms with van der Waals surface area (Å²) in [7, 11) is 0. The summed E-state index contributed by atoms with van der Waals surface area (Å²) in [6.07, 6.45) is 6.88. The van der Waals surface area contributed by atoms with Gasteiger partial charge in [-0.2, -0.15) is 0 Å². The van der Waals surface area contributed by atoms with Gasteiger partial charge < -0.3 is 5.11 Å². The number of aliphatic hydroxyl groups excluding tert-OH is 1. The van der Waals surface area contributed by atoms with Gasteiger partial charge in [-0.25, -0.2) is 0 Å². The molecule has 1 aliphatic carbocycles. The van der Waals surface area contributed by atoms with E-state index < -0.39 is 0 Å². The number of aryl methyl sites for hydroxylation is 1. The van der Waals surface area contributed by atoms with Crippen LogP contribution in [0.4, 0.5) is 0 Å². The van der Waals surface area contributed by atoms with E-state index in [9.17, 15) is 5.11 Å². The molecule has 1 aromatic rings. The SMILES string of the molecule is Cc1cncc(C(O)C2CC(C)CC(C)C2)c1. The van der Waals surface area contributed by atoms with Gasteiger partial charge in [-0.15, -0.1) is 0 Å². The van der Waals surface area contributed by atoms with Crippen molar-refractivity contribution in [2.75, 3.05) is 0 Å². The Morgan fingerprint density at radius 1 is 1.18 bits per heavy atom. The van der Waals surface area contributed by atoms with E-state index in [0.29, 0.717) is 5.92 Å². The molecule has 2 nitrogen and oxygen atoms in total. The van der Waals surface area contributed by atoms with Gasteiger partial charge in [0.15, 0.2) is 0 Å². The molecule has 1 aromatic heterocycles. The first-order valence-electron chi connectivity index (χ1n) is 6.66. The van der Waals surface area contributed by atoms with E-state index in [0.717, 1.165) is 35.8 Å². The van der Waals surface area contributed by atoms with Gasteiger partial charge in [-0.1, -0.05) is 19.9 Å². The molecule has 1 saturated carbocycles. The molecule has 1 fully saturated rings. The summed E-state index contributed by atoms with van der Waals surface area (Å²) >= 11 is 0. The van der Waals surface area contributed by atoms with Crippen molar-refractivity contribution in [3.8, 4) is 0 Å². The maximum absolute atomic E-state index is 10.5. The van der Waals surface area contributed by atoms with Crippen LogP contribution in [0, 0.1) is 24.7 Å². The van der Waals surface area contributed by atoms with Gasteiger partial charge in [0.05, 0.1) is 6.10 Å². The molecule has 1 heterocycles. The third kappa shape index (κ3) is 3.06. The zero-order chi connectivity index (χ0) is 12.4. The van der Waals surface area contributed by atoms with Gasteiger partial charge in [0, 0.05) is 12.4 Å². The van der Waals surface area contributed by atoms with Crippen LogP contribution in [0.3, 0.4) is 0 Å². The van der Waals surface area contributed by atoms with Gasteiger partial charge in [0.25, 0.3) is 0 Å². The van der Waals surface area contributed by atoms with E-state index in [-0.39, 0.29) is 6.10 Å². The molecule has 17 heavy (non-hydrogen) atoms. The Labute approximate surface area is 104 Å². The van der Waals surface area contributed by atoms with Crippen LogP contribution in [0.2, 0.25) is 0 Å². The zero-order valence-electron chi connectivity index (χ0n) is 11.1. The number of pyridine rings is 1. The average molecular weight is 233 g/mol. The fourth-order valence-electron chi connectivity index (χ4n) is 3.28. The summed E-state index contributed by atoms with van der Waals surface area (Å²) in [5.41, 5.74) is 2.11. The maximum Gasteiger partial charge on any atom is 0.0833 e. The van der Waals surface area contributed by atoms with Crippen molar-refractivity contribution < 1.29 is 5.11 Å². The molecule has 94 valence electrons. The Morgan fingerprint density at radius 2 is 1.82 bits per heavy atom. The Balaban J connectivity index is 2.11. The molecule has 0 bridgehead atoms. The van der Waals surface area contributed by atoms with Crippen LogP contribution in [0.5, 0.6) is 0 Å². The molecule has 0 amide bonds. The zero-order valence-corrected chi connectivity index (χ0v) is 11.1. The molecular weight excluding hydrogens is 210 g/mol. The lowest BCUT2D eigenvalue weighted by Gasteiger charge is -2.34. The summed E-state index contributed by atoms with van der Waals surface area (Å²) in [5.74, 6) is 1.87. The average Bonchev–Trinajstić information content (AvgIpc) is 2.26. The molecule has 1 N–H and O–H groups in total. The number of rotatable bonds is 2. The smallest absolute Gasteiger partial charge is 0.0833 e. The lowest BCUT2D eigenvalue weighted by atomic mass is 9.73. The predicted octanol–water partition coefficient (Wildman–Crippen LogP) is 3.50. The maximum atomic E-state index is 10.5. The second-order valence-corrected chi connectivity index (χ2v) is 5.92. The quantitative estimate of drug-likeness (QED) is 0.848. The van der Waals surface area contributed by atoms with Gasteiger partial charge in [0.1, 0.15) is 0 Å². The van der Waals surface area contributed by atoms with Crippen LogP contribution in [-0.4, -0.2) is 10.1 Å². The van der Waals surface area contributed by atoms with Crippen LogP contribution in [0.1, 0.15) is 50.3 Å². The molecule has 3 unspecified atom stereocenters. The predicted molar refractivity (Wildman–Crippen MR) is 69.6 cm³/mol. The van der Waals surface area contributed by atoms with Gasteiger partial charge in [-0.05, 0) is 55.1 Å². The standard InChI is InChI=1S/C15H23NO/c1-10-4-11(2)6-13(5-10)15(17)14-7-12(3)8-16-9-14/h7-11,13,15,17H,4-6H2,1-3H3. The first-order valence-corrected chi connectivity index (χ1v) is 6.66. The second-order valence-electron chi connectivity index (χ2n) is 5.92. The fourth-order valence-corrected chi connectivity index (χ4v) is 3.28. The summed E-state index contributed by atoms with van der Waals surface area (Å²) < 4.78 is 0.